The van der Waals surface area contributed by atoms with E-state index in [1.165, 1.54) is 24.8 Å². The van der Waals surface area contributed by atoms with Gasteiger partial charge in [-0.15, -0.1) is 0 Å². The summed E-state index contributed by atoms with van der Waals surface area (Å²) in [5, 5.41) is 3.58. The minimum absolute atomic E-state index is 0.572. The second-order valence-electron chi connectivity index (χ2n) is 5.36. The third-order valence-electron chi connectivity index (χ3n) is 3.36. The molecule has 0 aromatic heterocycles. The molecule has 19 heavy (non-hydrogen) atoms. The molecular weight excluding hydrogens is 302 g/mol. The first-order valence-electron chi connectivity index (χ1n) is 6.94. The highest BCUT2D eigenvalue weighted by Crippen LogP contribution is 2.27. The monoisotopic (exact) mass is 323 g/mol. The van der Waals surface area contributed by atoms with Crippen LogP contribution in [0.2, 0.25) is 0 Å². The van der Waals surface area contributed by atoms with E-state index in [0.717, 1.165) is 28.8 Å². The predicted molar refractivity (Wildman–Crippen MR) is 83.8 cm³/mol. The zero-order chi connectivity index (χ0) is 13.7. The third-order valence-corrected chi connectivity index (χ3v) is 3.98. The molecule has 0 bridgehead atoms. The maximum Gasteiger partial charge on any atom is 0.133 e. The molecule has 0 spiro atoms. The Kier molecular flexibility index (Phi) is 5.46. The van der Waals surface area contributed by atoms with Gasteiger partial charge < -0.3 is 10.1 Å². The molecule has 104 valence electrons. The molecule has 1 aliphatic heterocycles. The van der Waals surface area contributed by atoms with E-state index in [2.05, 4.69) is 40.0 Å². The van der Waals surface area contributed by atoms with Gasteiger partial charge in [0.15, 0.2) is 0 Å². The van der Waals surface area contributed by atoms with E-state index in [0.29, 0.717) is 12.6 Å². The number of benzene rings is 1. The van der Waals surface area contributed by atoms with Gasteiger partial charge in [0.2, 0.25) is 0 Å². The Morgan fingerprint density at radius 2 is 2.32 bits per heavy atom. The average Bonchev–Trinajstić information content (AvgIpc) is 2.39. The Bertz CT molecular complexity index is 438. The van der Waals surface area contributed by atoms with E-state index in [-0.39, 0.29) is 0 Å². The lowest BCUT2D eigenvalue weighted by molar-refractivity contribution is 0.350. The van der Waals surface area contributed by atoms with Gasteiger partial charge >= 0.3 is 0 Å². The molecule has 1 atom stereocenters. The van der Waals surface area contributed by atoms with Crippen molar-refractivity contribution in [2.45, 2.75) is 38.6 Å². The van der Waals surface area contributed by atoms with Crippen molar-refractivity contribution in [1.29, 1.82) is 0 Å². The Morgan fingerprint density at radius 1 is 1.47 bits per heavy atom. The first-order valence-corrected chi connectivity index (χ1v) is 7.73. The van der Waals surface area contributed by atoms with Crippen LogP contribution in [0.5, 0.6) is 5.75 Å². The second-order valence-corrected chi connectivity index (χ2v) is 6.22. The molecule has 1 unspecified atom stereocenters. The molecule has 1 heterocycles. The highest BCUT2D eigenvalue weighted by molar-refractivity contribution is 9.10. The molecule has 2 rings (SSSR count). The number of hydrogen-bond acceptors (Lipinski definition) is 2. The van der Waals surface area contributed by atoms with Gasteiger partial charge in [0, 0.05) is 6.04 Å². The van der Waals surface area contributed by atoms with Crippen LogP contribution >= 0.6 is 15.9 Å². The van der Waals surface area contributed by atoms with Crippen molar-refractivity contribution < 1.29 is 4.74 Å². The van der Waals surface area contributed by atoms with Crippen molar-refractivity contribution in [2.75, 3.05) is 13.2 Å². The molecule has 0 aliphatic carbocycles. The highest BCUT2D eigenvalue weighted by Gasteiger charge is 2.13. The molecule has 2 nitrogen and oxygen atoms in total. The third kappa shape index (κ3) is 4.66. The summed E-state index contributed by atoms with van der Waals surface area (Å²) >= 11 is 3.59. The lowest BCUT2D eigenvalue weighted by Gasteiger charge is -2.23. The molecule has 1 aromatic rings. The average molecular weight is 324 g/mol. The van der Waals surface area contributed by atoms with Crippen LogP contribution in [-0.4, -0.2) is 19.2 Å². The highest BCUT2D eigenvalue weighted by atomic mass is 79.9. The molecule has 0 amide bonds. The Labute approximate surface area is 124 Å². The number of halogens is 1. The predicted octanol–water partition coefficient (Wildman–Crippen LogP) is 4.09. The van der Waals surface area contributed by atoms with E-state index < -0.39 is 0 Å². The van der Waals surface area contributed by atoms with Gasteiger partial charge in [-0.05, 0) is 71.9 Å². The van der Waals surface area contributed by atoms with Gasteiger partial charge in [-0.1, -0.05) is 19.1 Å². The van der Waals surface area contributed by atoms with Crippen LogP contribution in [0.4, 0.5) is 0 Å². The summed E-state index contributed by atoms with van der Waals surface area (Å²) in [6, 6.07) is 7.01. The molecule has 1 aliphatic rings. The Balaban J connectivity index is 1.95. The van der Waals surface area contributed by atoms with E-state index in [1.54, 1.807) is 0 Å². The SMILES string of the molecule is C=C(C)COc1ccc(CC2CCCCN2)cc1Br. The normalized spacial score (nSPS) is 19.2. The maximum atomic E-state index is 5.68. The van der Waals surface area contributed by atoms with Gasteiger partial charge in [0.05, 0.1) is 4.47 Å². The molecule has 1 aromatic carbocycles. The molecule has 1 fully saturated rings. The second kappa shape index (κ2) is 7.11. The smallest absolute Gasteiger partial charge is 0.133 e. The van der Waals surface area contributed by atoms with Crippen molar-refractivity contribution in [3.8, 4) is 5.75 Å². The van der Waals surface area contributed by atoms with E-state index in [1.807, 2.05) is 13.0 Å². The molecule has 0 radical (unpaired) electrons. The lowest BCUT2D eigenvalue weighted by Crippen LogP contribution is -2.35. The number of nitrogens with one attached hydrogen (secondary N) is 1. The lowest BCUT2D eigenvalue weighted by atomic mass is 9.98. The summed E-state index contributed by atoms with van der Waals surface area (Å²) in [6.45, 7) is 7.55. The van der Waals surface area contributed by atoms with Gasteiger partial charge in [-0.25, -0.2) is 0 Å². The van der Waals surface area contributed by atoms with Crippen LogP contribution in [-0.2, 0) is 6.42 Å². The largest absolute Gasteiger partial charge is 0.488 e. The summed E-state index contributed by atoms with van der Waals surface area (Å²) in [5.74, 6) is 0.892. The molecule has 3 heteroatoms. The Morgan fingerprint density at radius 3 is 2.95 bits per heavy atom. The quantitative estimate of drug-likeness (QED) is 0.824. The summed E-state index contributed by atoms with van der Waals surface area (Å²) in [5.41, 5.74) is 2.39. The van der Waals surface area contributed by atoms with Crippen molar-refractivity contribution in [3.05, 3.63) is 40.4 Å². The summed E-state index contributed by atoms with van der Waals surface area (Å²) in [7, 11) is 0. The van der Waals surface area contributed by atoms with E-state index >= 15 is 0 Å². The fourth-order valence-corrected chi connectivity index (χ4v) is 2.91. The van der Waals surface area contributed by atoms with Crippen LogP contribution in [0.3, 0.4) is 0 Å². The standard InChI is InChI=1S/C16H22BrNO/c1-12(2)11-19-16-7-6-13(10-15(16)17)9-14-5-3-4-8-18-14/h6-7,10,14,18H,1,3-5,8-9,11H2,2H3. The fraction of sp³-hybridized carbons (Fsp3) is 0.500. The first kappa shape index (κ1) is 14.6. The van der Waals surface area contributed by atoms with Crippen LogP contribution in [0.1, 0.15) is 31.7 Å². The Hall–Kier alpha value is -0.800. The van der Waals surface area contributed by atoms with Crippen LogP contribution in [0, 0.1) is 0 Å². The summed E-state index contributed by atoms with van der Waals surface area (Å²) in [6.07, 6.45) is 5.04. The molecular formula is C16H22BrNO. The fourth-order valence-electron chi connectivity index (χ4n) is 2.37. The number of ether oxygens (including phenoxy) is 1. The van der Waals surface area contributed by atoms with Crippen molar-refractivity contribution in [3.63, 3.8) is 0 Å². The minimum Gasteiger partial charge on any atom is -0.488 e. The van der Waals surface area contributed by atoms with E-state index in [9.17, 15) is 0 Å². The maximum absolute atomic E-state index is 5.68. The van der Waals surface area contributed by atoms with Crippen LogP contribution in [0.25, 0.3) is 0 Å². The van der Waals surface area contributed by atoms with Gasteiger partial charge in [0.1, 0.15) is 12.4 Å². The summed E-state index contributed by atoms with van der Waals surface area (Å²) < 4.78 is 6.71. The van der Waals surface area contributed by atoms with Crippen molar-refractivity contribution in [2.24, 2.45) is 0 Å². The number of hydrogen-bond donors (Lipinski definition) is 1. The zero-order valence-electron chi connectivity index (χ0n) is 11.5. The zero-order valence-corrected chi connectivity index (χ0v) is 13.1. The van der Waals surface area contributed by atoms with Gasteiger partial charge in [-0.2, -0.15) is 0 Å². The first-order chi connectivity index (χ1) is 9.15. The minimum atomic E-state index is 0.572. The van der Waals surface area contributed by atoms with Crippen LogP contribution < -0.4 is 10.1 Å². The van der Waals surface area contributed by atoms with Gasteiger partial charge in [0.25, 0.3) is 0 Å². The topological polar surface area (TPSA) is 21.3 Å². The van der Waals surface area contributed by atoms with Crippen LogP contribution in [0.15, 0.2) is 34.8 Å². The molecule has 0 saturated carbocycles. The van der Waals surface area contributed by atoms with Gasteiger partial charge in [-0.3, -0.25) is 0 Å². The number of rotatable bonds is 5. The summed E-state index contributed by atoms with van der Waals surface area (Å²) in [4.78, 5) is 0. The van der Waals surface area contributed by atoms with Crippen molar-refractivity contribution >= 4 is 15.9 Å². The molecule has 1 N–H and O–H groups in total. The van der Waals surface area contributed by atoms with E-state index in [4.69, 9.17) is 4.74 Å². The number of piperidine rings is 1. The molecule has 1 saturated heterocycles. The van der Waals surface area contributed by atoms with Crippen molar-refractivity contribution in [1.82, 2.24) is 5.32 Å².